The highest BCUT2D eigenvalue weighted by molar-refractivity contribution is 9.10. The molecule has 0 aromatic heterocycles. The van der Waals surface area contributed by atoms with Gasteiger partial charge >= 0.3 is 0 Å². The second kappa shape index (κ2) is 8.39. The molecule has 118 valence electrons. The lowest BCUT2D eigenvalue weighted by molar-refractivity contribution is -0.124. The Morgan fingerprint density at radius 3 is 2.67 bits per heavy atom. The number of carbonyl (C=O) groups excluding carboxylic acids is 1. The molecular formula is C16H25BrN2O2. The number of hydrogen-bond donors (Lipinski definition) is 2. The second-order valence-corrected chi connectivity index (χ2v) is 6.85. The topological polar surface area (TPSA) is 50.4 Å². The lowest BCUT2D eigenvalue weighted by Gasteiger charge is -2.21. The standard InChI is InChI=1S/C16H25BrN2O2/c1-5-9-18-10-12-7-6-8-13(17)15(12)21-11-14(20)19-16(2,3)4/h6-8,18H,5,9-11H2,1-4H3,(H,19,20). The van der Waals surface area contributed by atoms with E-state index in [9.17, 15) is 4.79 Å². The maximum absolute atomic E-state index is 11.8. The van der Waals surface area contributed by atoms with Crippen LogP contribution in [0.4, 0.5) is 0 Å². The number of para-hydroxylation sites is 1. The third-order valence-electron chi connectivity index (χ3n) is 2.65. The summed E-state index contributed by atoms with van der Waals surface area (Å²) in [4.78, 5) is 11.8. The van der Waals surface area contributed by atoms with E-state index in [1.165, 1.54) is 0 Å². The molecule has 5 heteroatoms. The van der Waals surface area contributed by atoms with Gasteiger partial charge in [-0.05, 0) is 55.7 Å². The molecule has 0 bridgehead atoms. The first-order chi connectivity index (χ1) is 9.83. The van der Waals surface area contributed by atoms with Crippen molar-refractivity contribution in [2.45, 2.75) is 46.2 Å². The van der Waals surface area contributed by atoms with Gasteiger partial charge in [-0.15, -0.1) is 0 Å². The van der Waals surface area contributed by atoms with Crippen LogP contribution in [0.2, 0.25) is 0 Å². The van der Waals surface area contributed by atoms with Crippen LogP contribution in [-0.2, 0) is 11.3 Å². The number of amides is 1. The molecule has 0 aliphatic carbocycles. The molecule has 0 aliphatic heterocycles. The molecule has 0 aliphatic rings. The minimum absolute atomic E-state index is 0.0145. The zero-order chi connectivity index (χ0) is 15.9. The van der Waals surface area contributed by atoms with Gasteiger partial charge in [0.05, 0.1) is 4.47 Å². The van der Waals surface area contributed by atoms with E-state index in [4.69, 9.17) is 4.74 Å². The van der Waals surface area contributed by atoms with Crippen LogP contribution in [0.25, 0.3) is 0 Å². The van der Waals surface area contributed by atoms with E-state index in [1.54, 1.807) is 0 Å². The number of hydrogen-bond acceptors (Lipinski definition) is 3. The van der Waals surface area contributed by atoms with E-state index < -0.39 is 0 Å². The number of nitrogens with one attached hydrogen (secondary N) is 2. The van der Waals surface area contributed by atoms with Crippen molar-refractivity contribution in [2.24, 2.45) is 0 Å². The number of halogens is 1. The zero-order valence-electron chi connectivity index (χ0n) is 13.3. The molecule has 1 aromatic rings. The molecule has 0 spiro atoms. The second-order valence-electron chi connectivity index (χ2n) is 5.99. The lowest BCUT2D eigenvalue weighted by Crippen LogP contribution is -2.43. The fraction of sp³-hybridized carbons (Fsp3) is 0.562. The predicted octanol–water partition coefficient (Wildman–Crippen LogP) is 3.24. The average Bonchev–Trinajstić information content (AvgIpc) is 2.36. The predicted molar refractivity (Wildman–Crippen MR) is 89.5 cm³/mol. The van der Waals surface area contributed by atoms with Crippen LogP contribution in [0.5, 0.6) is 5.75 Å². The molecule has 0 fully saturated rings. The molecule has 0 saturated heterocycles. The van der Waals surface area contributed by atoms with Crippen LogP contribution >= 0.6 is 15.9 Å². The minimum Gasteiger partial charge on any atom is -0.482 e. The molecule has 1 rings (SSSR count). The number of rotatable bonds is 7. The van der Waals surface area contributed by atoms with Gasteiger partial charge in [0.25, 0.3) is 5.91 Å². The van der Waals surface area contributed by atoms with Gasteiger partial charge in [0.1, 0.15) is 5.75 Å². The van der Waals surface area contributed by atoms with E-state index in [2.05, 4.69) is 33.5 Å². The largest absolute Gasteiger partial charge is 0.482 e. The van der Waals surface area contributed by atoms with Crippen LogP contribution in [0.1, 0.15) is 39.7 Å². The maximum atomic E-state index is 11.8. The highest BCUT2D eigenvalue weighted by Gasteiger charge is 2.15. The smallest absolute Gasteiger partial charge is 0.258 e. The highest BCUT2D eigenvalue weighted by atomic mass is 79.9. The summed E-state index contributed by atoms with van der Waals surface area (Å²) in [6, 6.07) is 5.89. The number of ether oxygens (including phenoxy) is 1. The first kappa shape index (κ1) is 18.0. The van der Waals surface area contributed by atoms with Crippen molar-refractivity contribution in [3.8, 4) is 5.75 Å². The van der Waals surface area contributed by atoms with Crippen LogP contribution in [0.3, 0.4) is 0 Å². The van der Waals surface area contributed by atoms with E-state index in [1.807, 2.05) is 39.0 Å². The van der Waals surface area contributed by atoms with Crippen molar-refractivity contribution < 1.29 is 9.53 Å². The van der Waals surface area contributed by atoms with Crippen molar-refractivity contribution in [3.63, 3.8) is 0 Å². The molecule has 0 atom stereocenters. The van der Waals surface area contributed by atoms with Crippen molar-refractivity contribution >= 4 is 21.8 Å². The normalized spacial score (nSPS) is 11.3. The van der Waals surface area contributed by atoms with Crippen molar-refractivity contribution in [1.29, 1.82) is 0 Å². The molecule has 1 amide bonds. The van der Waals surface area contributed by atoms with Gasteiger partial charge in [-0.3, -0.25) is 4.79 Å². The summed E-state index contributed by atoms with van der Waals surface area (Å²) < 4.78 is 6.57. The summed E-state index contributed by atoms with van der Waals surface area (Å²) >= 11 is 3.48. The quantitative estimate of drug-likeness (QED) is 0.737. The van der Waals surface area contributed by atoms with E-state index in [0.29, 0.717) is 0 Å². The molecule has 2 N–H and O–H groups in total. The van der Waals surface area contributed by atoms with Gasteiger partial charge in [-0.1, -0.05) is 19.1 Å². The molecule has 0 radical (unpaired) electrons. The lowest BCUT2D eigenvalue weighted by atomic mass is 10.1. The Labute approximate surface area is 135 Å². The summed E-state index contributed by atoms with van der Waals surface area (Å²) in [5.41, 5.74) is 0.793. The first-order valence-electron chi connectivity index (χ1n) is 7.25. The molecule has 0 heterocycles. The van der Waals surface area contributed by atoms with Gasteiger partial charge in [0, 0.05) is 17.6 Å². The zero-order valence-corrected chi connectivity index (χ0v) is 14.8. The Kier molecular flexibility index (Phi) is 7.18. The number of carbonyl (C=O) groups is 1. The van der Waals surface area contributed by atoms with Gasteiger partial charge < -0.3 is 15.4 Å². The van der Waals surface area contributed by atoms with E-state index in [-0.39, 0.29) is 18.1 Å². The fourth-order valence-corrected chi connectivity index (χ4v) is 2.37. The van der Waals surface area contributed by atoms with Gasteiger partial charge in [0.2, 0.25) is 0 Å². The summed E-state index contributed by atoms with van der Waals surface area (Å²) in [6.07, 6.45) is 1.08. The van der Waals surface area contributed by atoms with Crippen LogP contribution in [0, 0.1) is 0 Å². The number of benzene rings is 1. The monoisotopic (exact) mass is 356 g/mol. The van der Waals surface area contributed by atoms with Gasteiger partial charge in [-0.2, -0.15) is 0 Å². The van der Waals surface area contributed by atoms with Crippen LogP contribution in [0.15, 0.2) is 22.7 Å². The van der Waals surface area contributed by atoms with Gasteiger partial charge in [0.15, 0.2) is 6.61 Å². The van der Waals surface area contributed by atoms with E-state index >= 15 is 0 Å². The highest BCUT2D eigenvalue weighted by Crippen LogP contribution is 2.29. The Hall–Kier alpha value is -1.07. The van der Waals surface area contributed by atoms with Crippen molar-refractivity contribution in [3.05, 3.63) is 28.2 Å². The fourth-order valence-electron chi connectivity index (χ4n) is 1.85. The molecule has 4 nitrogen and oxygen atoms in total. The molecular weight excluding hydrogens is 332 g/mol. The summed E-state index contributed by atoms with van der Waals surface area (Å²) in [5.74, 6) is 0.607. The van der Waals surface area contributed by atoms with E-state index in [0.717, 1.165) is 35.3 Å². The Morgan fingerprint density at radius 1 is 1.33 bits per heavy atom. The molecule has 21 heavy (non-hydrogen) atoms. The first-order valence-corrected chi connectivity index (χ1v) is 8.04. The third kappa shape index (κ3) is 6.96. The Morgan fingerprint density at radius 2 is 2.05 bits per heavy atom. The molecule has 0 saturated carbocycles. The summed E-state index contributed by atoms with van der Waals surface area (Å²) in [5, 5.41) is 6.23. The van der Waals surface area contributed by atoms with Gasteiger partial charge in [-0.25, -0.2) is 0 Å². The maximum Gasteiger partial charge on any atom is 0.258 e. The summed E-state index contributed by atoms with van der Waals surface area (Å²) in [6.45, 7) is 9.67. The van der Waals surface area contributed by atoms with Crippen molar-refractivity contribution in [2.75, 3.05) is 13.2 Å². The molecule has 1 aromatic carbocycles. The SMILES string of the molecule is CCCNCc1cccc(Br)c1OCC(=O)NC(C)(C)C. The Balaban J connectivity index is 2.66. The van der Waals surface area contributed by atoms with Crippen molar-refractivity contribution in [1.82, 2.24) is 10.6 Å². The van der Waals surface area contributed by atoms with Crippen LogP contribution < -0.4 is 15.4 Å². The minimum atomic E-state index is -0.250. The Bertz CT molecular complexity index is 470. The third-order valence-corrected chi connectivity index (χ3v) is 3.28. The summed E-state index contributed by atoms with van der Waals surface area (Å²) in [7, 11) is 0. The average molecular weight is 357 g/mol. The van der Waals surface area contributed by atoms with Crippen LogP contribution in [-0.4, -0.2) is 24.6 Å². The molecule has 0 unspecified atom stereocenters.